The van der Waals surface area contributed by atoms with Gasteiger partial charge in [0.2, 0.25) is 0 Å². The van der Waals surface area contributed by atoms with E-state index in [9.17, 15) is 13.2 Å². The lowest BCUT2D eigenvalue weighted by atomic mass is 9.94. The Morgan fingerprint density at radius 2 is 1.88 bits per heavy atom. The standard InChI is InChI=1S/C19H19F3INO/c20-19(21,22)15-9-13(10-16(23)11-15)12-25-17-7-4-8-24-18(17)14-5-2-1-3-6-14/h1-3,5-6,9-11,17-18,24H,4,7-8,12H2/i23-2. The number of benzene rings is 2. The third kappa shape index (κ3) is 4.95. The molecule has 2 aromatic rings. The maximum atomic E-state index is 13.0. The molecule has 1 N–H and O–H groups in total. The van der Waals surface area contributed by atoms with Crippen LogP contribution in [0.2, 0.25) is 0 Å². The molecule has 3 rings (SSSR count). The van der Waals surface area contributed by atoms with E-state index >= 15 is 0 Å². The first-order valence-electron chi connectivity index (χ1n) is 8.20. The molecule has 6 heteroatoms. The summed E-state index contributed by atoms with van der Waals surface area (Å²) < 4.78 is 45.5. The number of alkyl halides is 3. The van der Waals surface area contributed by atoms with Crippen molar-refractivity contribution in [3.8, 4) is 0 Å². The van der Waals surface area contributed by atoms with E-state index in [1.54, 1.807) is 6.07 Å². The molecule has 0 spiro atoms. The monoisotopic (exact) mass is 459 g/mol. The molecule has 2 atom stereocenters. The molecule has 1 heterocycles. The van der Waals surface area contributed by atoms with E-state index in [2.05, 4.69) is 5.32 Å². The van der Waals surface area contributed by atoms with Gasteiger partial charge in [-0.25, -0.2) is 0 Å². The van der Waals surface area contributed by atoms with Gasteiger partial charge in [0.15, 0.2) is 0 Å². The molecule has 2 unspecified atom stereocenters. The first-order valence-corrected chi connectivity index (χ1v) is 9.28. The van der Waals surface area contributed by atoms with Gasteiger partial charge in [-0.3, -0.25) is 0 Å². The van der Waals surface area contributed by atoms with Gasteiger partial charge in [0.1, 0.15) is 0 Å². The first kappa shape index (κ1) is 18.7. The summed E-state index contributed by atoms with van der Waals surface area (Å²) in [6.45, 7) is 1.09. The van der Waals surface area contributed by atoms with Gasteiger partial charge in [0, 0.05) is 3.57 Å². The third-order valence-electron chi connectivity index (χ3n) is 4.31. The van der Waals surface area contributed by atoms with Crippen molar-refractivity contribution in [1.82, 2.24) is 5.32 Å². The molecule has 0 aromatic heterocycles. The molecule has 0 bridgehead atoms. The molecule has 25 heavy (non-hydrogen) atoms. The lowest BCUT2D eigenvalue weighted by molar-refractivity contribution is -0.137. The summed E-state index contributed by atoms with van der Waals surface area (Å²) in [5, 5.41) is 3.46. The van der Waals surface area contributed by atoms with Crippen LogP contribution < -0.4 is 5.32 Å². The summed E-state index contributed by atoms with van der Waals surface area (Å²) in [6, 6.07) is 14.2. The SMILES string of the molecule is FC(F)(F)c1cc([125I])cc(COC2CCCNC2c2ccccc2)c1. The van der Waals surface area contributed by atoms with Gasteiger partial charge in [-0.05, 0) is 71.3 Å². The van der Waals surface area contributed by atoms with Crippen molar-refractivity contribution in [2.75, 3.05) is 6.54 Å². The zero-order valence-corrected chi connectivity index (χ0v) is 15.7. The van der Waals surface area contributed by atoms with Crippen molar-refractivity contribution in [1.29, 1.82) is 0 Å². The minimum Gasteiger partial charge on any atom is -0.372 e. The van der Waals surface area contributed by atoms with Crippen molar-refractivity contribution >= 4 is 22.6 Å². The minimum atomic E-state index is -4.34. The molecule has 0 amide bonds. The summed E-state index contributed by atoms with van der Waals surface area (Å²) in [5.41, 5.74) is 1.07. The Kier molecular flexibility index (Phi) is 6.01. The van der Waals surface area contributed by atoms with Gasteiger partial charge in [0.25, 0.3) is 0 Å². The lowest BCUT2D eigenvalue weighted by Crippen LogP contribution is -2.39. The smallest absolute Gasteiger partial charge is 0.372 e. The van der Waals surface area contributed by atoms with E-state index in [1.807, 2.05) is 52.9 Å². The number of halogens is 4. The number of rotatable bonds is 4. The Balaban J connectivity index is 1.72. The van der Waals surface area contributed by atoms with Gasteiger partial charge < -0.3 is 10.1 Å². The highest BCUT2D eigenvalue weighted by Gasteiger charge is 2.31. The highest BCUT2D eigenvalue weighted by atomic mass is 125. The van der Waals surface area contributed by atoms with Crippen molar-refractivity contribution in [2.24, 2.45) is 0 Å². The summed E-state index contributed by atoms with van der Waals surface area (Å²) in [7, 11) is 0. The largest absolute Gasteiger partial charge is 0.416 e. The van der Waals surface area contributed by atoms with Crippen LogP contribution in [0.5, 0.6) is 0 Å². The zero-order chi connectivity index (χ0) is 17.9. The predicted octanol–water partition coefficient (Wildman–Crippen LogP) is 5.32. The van der Waals surface area contributed by atoms with Crippen LogP contribution in [0.1, 0.15) is 35.6 Å². The molecule has 2 nitrogen and oxygen atoms in total. The molecule has 2 aromatic carbocycles. The molecular formula is C19H19F3INO. The second-order valence-corrected chi connectivity index (χ2v) is 7.43. The van der Waals surface area contributed by atoms with E-state index in [1.165, 1.54) is 6.07 Å². The van der Waals surface area contributed by atoms with E-state index in [0.29, 0.717) is 9.13 Å². The Bertz CT molecular complexity index is 706. The minimum absolute atomic E-state index is 0.0524. The molecule has 1 saturated heterocycles. The van der Waals surface area contributed by atoms with Crippen LogP contribution in [-0.4, -0.2) is 12.6 Å². The van der Waals surface area contributed by atoms with Crippen LogP contribution in [0.15, 0.2) is 48.5 Å². The molecule has 0 radical (unpaired) electrons. The Hall–Kier alpha value is -1.12. The van der Waals surface area contributed by atoms with E-state index < -0.39 is 11.7 Å². The summed E-state index contributed by atoms with van der Waals surface area (Å²) in [4.78, 5) is 0. The van der Waals surface area contributed by atoms with Crippen molar-refractivity contribution in [3.05, 3.63) is 68.8 Å². The second-order valence-electron chi connectivity index (χ2n) is 6.18. The highest BCUT2D eigenvalue weighted by molar-refractivity contribution is 14.1. The van der Waals surface area contributed by atoms with Gasteiger partial charge in [0.05, 0.1) is 24.3 Å². The van der Waals surface area contributed by atoms with Gasteiger partial charge in [-0.15, -0.1) is 0 Å². The molecule has 1 fully saturated rings. The first-order chi connectivity index (χ1) is 11.9. The number of hydrogen-bond donors (Lipinski definition) is 1. The maximum Gasteiger partial charge on any atom is 0.416 e. The third-order valence-corrected chi connectivity index (χ3v) is 4.93. The van der Waals surface area contributed by atoms with E-state index in [4.69, 9.17) is 4.74 Å². The summed E-state index contributed by atoms with van der Waals surface area (Å²) in [6.07, 6.45) is -2.51. The second kappa shape index (κ2) is 8.05. The Morgan fingerprint density at radius 1 is 1.12 bits per heavy atom. The van der Waals surface area contributed by atoms with Crippen LogP contribution in [-0.2, 0) is 17.5 Å². The quantitative estimate of drug-likeness (QED) is 0.626. The molecular weight excluding hydrogens is 440 g/mol. The fourth-order valence-electron chi connectivity index (χ4n) is 3.13. The average Bonchev–Trinajstić information content (AvgIpc) is 2.60. The van der Waals surface area contributed by atoms with Crippen molar-refractivity contribution < 1.29 is 17.9 Å². The summed E-state index contributed by atoms with van der Waals surface area (Å²) in [5.74, 6) is 0. The summed E-state index contributed by atoms with van der Waals surface area (Å²) >= 11 is 1.91. The molecule has 1 aliphatic rings. The van der Waals surface area contributed by atoms with E-state index in [-0.39, 0.29) is 18.8 Å². The van der Waals surface area contributed by atoms with E-state index in [0.717, 1.165) is 31.0 Å². The topological polar surface area (TPSA) is 21.3 Å². The normalized spacial score (nSPS) is 21.3. The van der Waals surface area contributed by atoms with Gasteiger partial charge in [-0.2, -0.15) is 13.2 Å². The fourth-order valence-corrected chi connectivity index (χ4v) is 3.87. The van der Waals surface area contributed by atoms with Crippen molar-refractivity contribution in [2.45, 2.75) is 37.8 Å². The zero-order valence-electron chi connectivity index (χ0n) is 13.5. The highest BCUT2D eigenvalue weighted by Crippen LogP contribution is 2.32. The average molecular weight is 459 g/mol. The van der Waals surface area contributed by atoms with Crippen molar-refractivity contribution in [3.63, 3.8) is 0 Å². The van der Waals surface area contributed by atoms with Crippen LogP contribution in [0.25, 0.3) is 0 Å². The Morgan fingerprint density at radius 3 is 2.60 bits per heavy atom. The molecule has 0 aliphatic carbocycles. The maximum absolute atomic E-state index is 13.0. The predicted molar refractivity (Wildman–Crippen MR) is 99.2 cm³/mol. The number of ether oxygens (including phenoxy) is 1. The van der Waals surface area contributed by atoms with Crippen LogP contribution in [0.4, 0.5) is 13.2 Å². The lowest BCUT2D eigenvalue weighted by Gasteiger charge is -2.33. The molecule has 0 saturated carbocycles. The fraction of sp³-hybridized carbons (Fsp3) is 0.368. The van der Waals surface area contributed by atoms with Gasteiger partial charge in [-0.1, -0.05) is 30.3 Å². The van der Waals surface area contributed by atoms with Gasteiger partial charge >= 0.3 is 6.18 Å². The Labute approximate surface area is 158 Å². The molecule has 134 valence electrons. The van der Waals surface area contributed by atoms with Crippen LogP contribution >= 0.6 is 22.6 Å². The number of piperidine rings is 1. The van der Waals surface area contributed by atoms with Crippen LogP contribution in [0, 0.1) is 3.57 Å². The van der Waals surface area contributed by atoms with Crippen LogP contribution in [0.3, 0.4) is 0 Å². The number of hydrogen-bond acceptors (Lipinski definition) is 2. The molecule has 1 aliphatic heterocycles. The number of nitrogens with one attached hydrogen (secondary N) is 1.